The van der Waals surface area contributed by atoms with Crippen molar-refractivity contribution in [3.05, 3.63) is 71.8 Å². The van der Waals surface area contributed by atoms with E-state index in [1.54, 1.807) is 35.2 Å². The van der Waals surface area contributed by atoms with E-state index < -0.39 is 6.17 Å². The first-order valence-electron chi connectivity index (χ1n) is 9.22. The number of carbonyl (C=O) groups excluding carboxylic acids is 1. The molecule has 1 atom stereocenters. The molecule has 2 aliphatic rings. The highest BCUT2D eigenvalue weighted by molar-refractivity contribution is 6.12. The molecule has 7 nitrogen and oxygen atoms in total. The Bertz CT molecular complexity index is 1110. The van der Waals surface area contributed by atoms with Crippen molar-refractivity contribution in [3.8, 4) is 23.0 Å². The monoisotopic (exact) mass is 390 g/mol. The fraction of sp³-hybridized carbons (Fsp3) is 0.136. The van der Waals surface area contributed by atoms with Crippen molar-refractivity contribution < 1.29 is 24.5 Å². The van der Waals surface area contributed by atoms with E-state index in [0.717, 1.165) is 0 Å². The summed E-state index contributed by atoms with van der Waals surface area (Å²) in [6, 6.07) is 17.1. The van der Waals surface area contributed by atoms with Crippen LogP contribution in [0.4, 0.5) is 11.4 Å². The number of phenolic OH excluding ortho intramolecular Hbond substituents is 2. The van der Waals surface area contributed by atoms with Gasteiger partial charge < -0.3 is 25.0 Å². The van der Waals surface area contributed by atoms with Gasteiger partial charge in [0.2, 0.25) is 0 Å². The van der Waals surface area contributed by atoms with Crippen LogP contribution in [0.5, 0.6) is 23.0 Å². The average molecular weight is 390 g/mol. The maximum atomic E-state index is 13.4. The van der Waals surface area contributed by atoms with E-state index in [4.69, 9.17) is 9.47 Å². The lowest BCUT2D eigenvalue weighted by Crippen LogP contribution is -2.43. The Balaban J connectivity index is 1.64. The molecule has 3 aromatic rings. The lowest BCUT2D eigenvalue weighted by molar-refractivity contribution is 0.0974. The minimum atomic E-state index is -0.591. The van der Waals surface area contributed by atoms with Gasteiger partial charge in [-0.3, -0.25) is 9.69 Å². The Hall–Kier alpha value is -3.87. The number of hydrogen-bond acceptors (Lipinski definition) is 6. The zero-order valence-corrected chi connectivity index (χ0v) is 15.3. The summed E-state index contributed by atoms with van der Waals surface area (Å²) in [5.74, 6) is 0.554. The topological polar surface area (TPSA) is 91.3 Å². The number of amides is 1. The van der Waals surface area contributed by atoms with E-state index in [1.807, 2.05) is 18.2 Å². The van der Waals surface area contributed by atoms with Crippen molar-refractivity contribution >= 4 is 17.3 Å². The highest BCUT2D eigenvalue weighted by atomic mass is 16.6. The molecule has 0 unspecified atom stereocenters. The average Bonchev–Trinajstić information content (AvgIpc) is 2.75. The number of nitrogens with one attached hydrogen (secondary N) is 1. The number of benzene rings is 3. The number of hydrogen-bond donors (Lipinski definition) is 3. The third-order valence-corrected chi connectivity index (χ3v) is 5.05. The number of ether oxygens (including phenoxy) is 2. The summed E-state index contributed by atoms with van der Waals surface area (Å²) in [5, 5.41) is 23.0. The highest BCUT2D eigenvalue weighted by Gasteiger charge is 2.35. The second kappa shape index (κ2) is 6.63. The van der Waals surface area contributed by atoms with Crippen molar-refractivity contribution in [2.24, 2.45) is 0 Å². The summed E-state index contributed by atoms with van der Waals surface area (Å²) < 4.78 is 11.3. The van der Waals surface area contributed by atoms with Gasteiger partial charge >= 0.3 is 0 Å². The summed E-state index contributed by atoms with van der Waals surface area (Å²) in [6.45, 7) is 0.931. The molecule has 146 valence electrons. The number of rotatable bonds is 2. The molecule has 2 aliphatic heterocycles. The minimum absolute atomic E-state index is 0.186. The van der Waals surface area contributed by atoms with E-state index in [2.05, 4.69) is 5.32 Å². The zero-order chi connectivity index (χ0) is 20.0. The van der Waals surface area contributed by atoms with Gasteiger partial charge in [0, 0.05) is 11.8 Å². The SMILES string of the molecule is O=C1c2ccccc2N[C@@H](c2ccc(O)c(O)c2)N1c1ccc2c(c1)OCCO2. The van der Waals surface area contributed by atoms with Crippen LogP contribution in [0.3, 0.4) is 0 Å². The number of phenols is 2. The summed E-state index contributed by atoms with van der Waals surface area (Å²) in [7, 11) is 0. The third kappa shape index (κ3) is 2.87. The lowest BCUT2D eigenvalue weighted by Gasteiger charge is -2.38. The third-order valence-electron chi connectivity index (χ3n) is 5.05. The van der Waals surface area contributed by atoms with E-state index in [1.165, 1.54) is 12.1 Å². The van der Waals surface area contributed by atoms with Crippen molar-refractivity contribution in [3.63, 3.8) is 0 Å². The van der Waals surface area contributed by atoms with Crippen LogP contribution in [0.2, 0.25) is 0 Å². The summed E-state index contributed by atoms with van der Waals surface area (Å²) in [4.78, 5) is 15.0. The maximum absolute atomic E-state index is 13.4. The fourth-order valence-corrected chi connectivity index (χ4v) is 3.65. The zero-order valence-electron chi connectivity index (χ0n) is 15.3. The van der Waals surface area contributed by atoms with Gasteiger partial charge in [-0.15, -0.1) is 0 Å². The summed E-state index contributed by atoms with van der Waals surface area (Å²) in [6.07, 6.45) is -0.591. The molecule has 0 bridgehead atoms. The van der Waals surface area contributed by atoms with Gasteiger partial charge in [0.25, 0.3) is 5.91 Å². The van der Waals surface area contributed by atoms with Gasteiger partial charge in [-0.25, -0.2) is 0 Å². The number of para-hydroxylation sites is 1. The molecule has 2 heterocycles. The molecule has 0 radical (unpaired) electrons. The van der Waals surface area contributed by atoms with E-state index in [9.17, 15) is 15.0 Å². The molecule has 0 spiro atoms. The molecule has 0 saturated carbocycles. The second-order valence-corrected chi connectivity index (χ2v) is 6.84. The Morgan fingerprint density at radius 1 is 0.897 bits per heavy atom. The highest BCUT2D eigenvalue weighted by Crippen LogP contribution is 2.41. The van der Waals surface area contributed by atoms with Crippen molar-refractivity contribution in [2.75, 3.05) is 23.4 Å². The van der Waals surface area contributed by atoms with Gasteiger partial charge in [0.05, 0.1) is 11.3 Å². The lowest BCUT2D eigenvalue weighted by atomic mass is 10.0. The predicted octanol–water partition coefficient (Wildman–Crippen LogP) is 3.64. The van der Waals surface area contributed by atoms with Crippen LogP contribution in [0.15, 0.2) is 60.7 Å². The number of fused-ring (bicyclic) bond motifs is 2. The molecule has 1 amide bonds. The number of carbonyl (C=O) groups is 1. The van der Waals surface area contributed by atoms with Crippen molar-refractivity contribution in [2.45, 2.75) is 6.17 Å². The van der Waals surface area contributed by atoms with E-state index in [-0.39, 0.29) is 17.4 Å². The molecular weight excluding hydrogens is 372 g/mol. The molecule has 29 heavy (non-hydrogen) atoms. The number of anilines is 2. The summed E-state index contributed by atoms with van der Waals surface area (Å²) in [5.41, 5.74) is 2.49. The first-order chi connectivity index (χ1) is 14.1. The van der Waals surface area contributed by atoms with Crippen LogP contribution in [0, 0.1) is 0 Å². The fourth-order valence-electron chi connectivity index (χ4n) is 3.65. The standard InChI is InChI=1S/C22H18N2O5/c25-17-7-5-13(11-18(17)26)21-23-16-4-2-1-3-15(16)22(27)24(21)14-6-8-19-20(12-14)29-10-9-28-19/h1-8,11-12,21,23,25-26H,9-10H2/t21-/m1/s1. The van der Waals surface area contributed by atoms with Gasteiger partial charge in [-0.05, 0) is 42.0 Å². The normalized spacial score (nSPS) is 17.4. The number of nitrogens with zero attached hydrogens (tertiary/aromatic N) is 1. The van der Waals surface area contributed by atoms with Crippen molar-refractivity contribution in [1.82, 2.24) is 0 Å². The Morgan fingerprint density at radius 3 is 2.52 bits per heavy atom. The van der Waals surface area contributed by atoms with Crippen LogP contribution in [0.25, 0.3) is 0 Å². The van der Waals surface area contributed by atoms with E-state index >= 15 is 0 Å². The van der Waals surface area contributed by atoms with Crippen LogP contribution in [0.1, 0.15) is 22.1 Å². The van der Waals surface area contributed by atoms with Gasteiger partial charge in [0.15, 0.2) is 23.0 Å². The first kappa shape index (κ1) is 17.2. The predicted molar refractivity (Wildman–Crippen MR) is 107 cm³/mol. The van der Waals surface area contributed by atoms with Gasteiger partial charge in [0.1, 0.15) is 19.4 Å². The first-order valence-corrected chi connectivity index (χ1v) is 9.22. The molecule has 0 fully saturated rings. The quantitative estimate of drug-likeness (QED) is 0.579. The van der Waals surface area contributed by atoms with E-state index in [0.29, 0.717) is 47.2 Å². The molecule has 3 aromatic carbocycles. The number of aromatic hydroxyl groups is 2. The molecule has 0 saturated heterocycles. The van der Waals surface area contributed by atoms with Crippen LogP contribution in [-0.2, 0) is 0 Å². The molecule has 7 heteroatoms. The van der Waals surface area contributed by atoms with Gasteiger partial charge in [-0.2, -0.15) is 0 Å². The smallest absolute Gasteiger partial charge is 0.262 e. The Morgan fingerprint density at radius 2 is 1.69 bits per heavy atom. The second-order valence-electron chi connectivity index (χ2n) is 6.84. The Kier molecular flexibility index (Phi) is 3.94. The maximum Gasteiger partial charge on any atom is 0.262 e. The molecule has 3 N–H and O–H groups in total. The molecule has 5 rings (SSSR count). The molecular formula is C22H18N2O5. The van der Waals surface area contributed by atoms with Crippen LogP contribution in [-0.4, -0.2) is 29.3 Å². The van der Waals surface area contributed by atoms with Crippen molar-refractivity contribution in [1.29, 1.82) is 0 Å². The summed E-state index contributed by atoms with van der Waals surface area (Å²) >= 11 is 0. The largest absolute Gasteiger partial charge is 0.504 e. The molecule has 0 aromatic heterocycles. The van der Waals surface area contributed by atoms with Crippen LogP contribution < -0.4 is 19.7 Å². The minimum Gasteiger partial charge on any atom is -0.504 e. The molecule has 0 aliphatic carbocycles. The van der Waals surface area contributed by atoms with Gasteiger partial charge in [-0.1, -0.05) is 18.2 Å². The Labute approximate surface area is 166 Å². The van der Waals surface area contributed by atoms with Crippen LogP contribution >= 0.6 is 0 Å².